The Morgan fingerprint density at radius 3 is 2.72 bits per heavy atom. The van der Waals surface area contributed by atoms with Crippen LogP contribution in [0.3, 0.4) is 0 Å². The zero-order chi connectivity index (χ0) is 29.9. The fraction of sp³-hybridized carbons (Fsp3) is 0.219. The second kappa shape index (κ2) is 12.6. The fourth-order valence-corrected chi connectivity index (χ4v) is 5.26. The molecular weight excluding hydrogens is 596 g/mol. The van der Waals surface area contributed by atoms with E-state index in [0.29, 0.717) is 63.2 Å². The summed E-state index contributed by atoms with van der Waals surface area (Å²) in [6.45, 7) is 1.20. The zero-order valence-corrected chi connectivity index (χ0v) is 24.6. The third-order valence-electron chi connectivity index (χ3n) is 7.09. The van der Waals surface area contributed by atoms with E-state index in [1.165, 1.54) is 13.2 Å². The highest BCUT2D eigenvalue weighted by molar-refractivity contribution is 6.32. The molecule has 0 aliphatic carbocycles. The zero-order valence-electron chi connectivity index (χ0n) is 23.1. The quantitative estimate of drug-likeness (QED) is 0.155. The summed E-state index contributed by atoms with van der Waals surface area (Å²) < 4.78 is 38.8. The summed E-state index contributed by atoms with van der Waals surface area (Å²) in [5.41, 5.74) is 3.51. The number of esters is 1. The van der Waals surface area contributed by atoms with Gasteiger partial charge in [-0.3, -0.25) is 4.57 Å². The predicted octanol–water partition coefficient (Wildman–Crippen LogP) is 7.88. The van der Waals surface area contributed by atoms with Crippen LogP contribution in [0.1, 0.15) is 28.8 Å². The number of imidazole rings is 1. The molecule has 0 amide bonds. The molecule has 1 fully saturated rings. The average Bonchev–Trinajstić information content (AvgIpc) is 3.65. The molecule has 0 bridgehead atoms. The van der Waals surface area contributed by atoms with Crippen molar-refractivity contribution in [3.05, 3.63) is 99.8 Å². The lowest BCUT2D eigenvalue weighted by atomic mass is 10.1. The molecule has 1 aliphatic heterocycles. The van der Waals surface area contributed by atoms with Gasteiger partial charge in [0.05, 0.1) is 47.1 Å². The van der Waals surface area contributed by atoms with Gasteiger partial charge in [-0.2, -0.15) is 4.98 Å². The van der Waals surface area contributed by atoms with E-state index in [0.717, 1.165) is 23.9 Å². The normalized spacial score (nSPS) is 14.7. The van der Waals surface area contributed by atoms with Crippen LogP contribution in [0.5, 0.6) is 17.6 Å². The summed E-state index contributed by atoms with van der Waals surface area (Å²) in [7, 11) is 1.34. The van der Waals surface area contributed by atoms with Gasteiger partial charge in [-0.25, -0.2) is 14.2 Å². The van der Waals surface area contributed by atoms with E-state index >= 15 is 0 Å². The number of pyridine rings is 1. The molecule has 1 saturated heterocycles. The van der Waals surface area contributed by atoms with Crippen LogP contribution in [0.4, 0.5) is 4.39 Å². The Kier molecular flexibility index (Phi) is 8.47. The number of fused-ring (bicyclic) bond motifs is 1. The molecule has 11 heteroatoms. The summed E-state index contributed by atoms with van der Waals surface area (Å²) in [6, 6.07) is 20.5. The number of rotatable bonds is 9. The first-order valence-electron chi connectivity index (χ1n) is 13.6. The van der Waals surface area contributed by atoms with Crippen LogP contribution in [0.15, 0.2) is 72.8 Å². The Labute approximate surface area is 256 Å². The molecule has 1 unspecified atom stereocenters. The number of benzene rings is 3. The number of ether oxygens (including phenoxy) is 4. The van der Waals surface area contributed by atoms with E-state index in [9.17, 15) is 9.18 Å². The molecule has 1 atom stereocenters. The van der Waals surface area contributed by atoms with Crippen molar-refractivity contribution in [1.82, 2.24) is 14.5 Å². The van der Waals surface area contributed by atoms with Gasteiger partial charge in [-0.1, -0.05) is 35.3 Å². The number of nitrogens with zero attached hydrogens (tertiary/aromatic N) is 3. The van der Waals surface area contributed by atoms with E-state index in [-0.39, 0.29) is 12.7 Å². The van der Waals surface area contributed by atoms with E-state index < -0.39 is 11.8 Å². The minimum Gasteiger partial charge on any atom is -0.473 e. The standard InChI is InChI=1S/C32H26Cl2FN3O5/c1-40-31(39)20-8-11-27-28(15-20)38(17-23-4-3-13-41-23)32(37-27)43-29-12-9-19(14-24(29)34)26-5-2-6-30(36-26)42-18-21-7-10-22(33)16-25(21)35/h2,5-12,14-16,23H,3-4,13,17-18H2,1H3. The maximum atomic E-state index is 14.1. The number of carbonyl (C=O) groups excluding carboxylic acids is 1. The van der Waals surface area contributed by atoms with Gasteiger partial charge in [0.1, 0.15) is 18.2 Å². The van der Waals surface area contributed by atoms with E-state index in [2.05, 4.69) is 9.97 Å². The number of hydrogen-bond donors (Lipinski definition) is 0. The van der Waals surface area contributed by atoms with Crippen LogP contribution in [0.25, 0.3) is 22.3 Å². The van der Waals surface area contributed by atoms with Gasteiger partial charge < -0.3 is 18.9 Å². The van der Waals surface area contributed by atoms with Crippen molar-refractivity contribution >= 4 is 40.2 Å². The van der Waals surface area contributed by atoms with Crippen molar-refractivity contribution < 1.29 is 28.1 Å². The molecule has 220 valence electrons. The van der Waals surface area contributed by atoms with Crippen LogP contribution >= 0.6 is 23.2 Å². The Morgan fingerprint density at radius 1 is 1.07 bits per heavy atom. The lowest BCUT2D eigenvalue weighted by Gasteiger charge is -2.15. The molecule has 1 aliphatic rings. The lowest BCUT2D eigenvalue weighted by molar-refractivity contribution is 0.0601. The summed E-state index contributed by atoms with van der Waals surface area (Å²) in [6.07, 6.45) is 1.89. The third kappa shape index (κ3) is 6.44. The second-order valence-corrected chi connectivity index (χ2v) is 10.8. The monoisotopic (exact) mass is 621 g/mol. The Morgan fingerprint density at radius 2 is 1.95 bits per heavy atom. The molecule has 43 heavy (non-hydrogen) atoms. The Bertz CT molecular complexity index is 1810. The lowest BCUT2D eigenvalue weighted by Crippen LogP contribution is -2.15. The van der Waals surface area contributed by atoms with E-state index in [1.54, 1.807) is 54.6 Å². The van der Waals surface area contributed by atoms with Crippen LogP contribution in [0.2, 0.25) is 10.0 Å². The van der Waals surface area contributed by atoms with E-state index in [4.69, 9.17) is 42.1 Å². The molecule has 3 aromatic carbocycles. The van der Waals surface area contributed by atoms with Crippen molar-refractivity contribution in [3.8, 4) is 28.9 Å². The van der Waals surface area contributed by atoms with Crippen LogP contribution in [-0.4, -0.2) is 40.3 Å². The Balaban J connectivity index is 1.24. The number of carbonyl (C=O) groups is 1. The molecule has 2 aromatic heterocycles. The first kappa shape index (κ1) is 28.9. The van der Waals surface area contributed by atoms with Gasteiger partial charge in [0, 0.05) is 28.8 Å². The molecule has 3 heterocycles. The number of methoxy groups -OCH3 is 1. The highest BCUT2D eigenvalue weighted by Crippen LogP contribution is 2.35. The van der Waals surface area contributed by atoms with Gasteiger partial charge in [0.25, 0.3) is 0 Å². The summed E-state index contributed by atoms with van der Waals surface area (Å²) in [4.78, 5) is 21.4. The summed E-state index contributed by atoms with van der Waals surface area (Å²) in [5.74, 6) is -0.155. The molecule has 0 N–H and O–H groups in total. The second-order valence-electron chi connectivity index (χ2n) is 9.97. The van der Waals surface area contributed by atoms with Crippen molar-refractivity contribution in [2.45, 2.75) is 32.1 Å². The van der Waals surface area contributed by atoms with Crippen molar-refractivity contribution in [2.75, 3.05) is 13.7 Å². The smallest absolute Gasteiger partial charge is 0.337 e. The first-order valence-corrected chi connectivity index (χ1v) is 14.4. The molecular formula is C32H26Cl2FN3O5. The summed E-state index contributed by atoms with van der Waals surface area (Å²) >= 11 is 12.5. The average molecular weight is 622 g/mol. The Hall–Kier alpha value is -4.18. The first-order chi connectivity index (χ1) is 20.9. The molecule has 0 radical (unpaired) electrons. The van der Waals surface area contributed by atoms with Crippen LogP contribution in [0, 0.1) is 5.82 Å². The van der Waals surface area contributed by atoms with Crippen LogP contribution < -0.4 is 9.47 Å². The highest BCUT2D eigenvalue weighted by atomic mass is 35.5. The molecule has 6 rings (SSSR count). The minimum absolute atomic E-state index is 0.00100. The van der Waals surface area contributed by atoms with Crippen molar-refractivity contribution in [2.24, 2.45) is 0 Å². The van der Waals surface area contributed by atoms with Crippen molar-refractivity contribution in [1.29, 1.82) is 0 Å². The molecule has 8 nitrogen and oxygen atoms in total. The largest absolute Gasteiger partial charge is 0.473 e. The highest BCUT2D eigenvalue weighted by Gasteiger charge is 2.22. The van der Waals surface area contributed by atoms with Crippen LogP contribution in [-0.2, 0) is 22.6 Å². The van der Waals surface area contributed by atoms with Gasteiger partial charge in [-0.05, 0) is 67.4 Å². The molecule has 5 aromatic rings. The number of aromatic nitrogens is 3. The molecule has 0 spiro atoms. The molecule has 0 saturated carbocycles. The van der Waals surface area contributed by atoms with Gasteiger partial charge in [0.2, 0.25) is 5.88 Å². The number of hydrogen-bond acceptors (Lipinski definition) is 7. The topological polar surface area (TPSA) is 84.7 Å². The SMILES string of the molecule is COC(=O)c1ccc2nc(Oc3ccc(-c4cccc(OCc5ccc(Cl)cc5F)n4)cc3Cl)n(CC3CCCO3)c2c1. The summed E-state index contributed by atoms with van der Waals surface area (Å²) in [5, 5.41) is 0.665. The third-order valence-corrected chi connectivity index (χ3v) is 7.62. The van der Waals surface area contributed by atoms with E-state index in [1.807, 2.05) is 16.7 Å². The number of halogens is 3. The van der Waals surface area contributed by atoms with Gasteiger partial charge >= 0.3 is 12.0 Å². The van der Waals surface area contributed by atoms with Gasteiger partial charge in [0.15, 0.2) is 0 Å². The predicted molar refractivity (Wildman–Crippen MR) is 161 cm³/mol. The minimum atomic E-state index is -0.445. The fourth-order valence-electron chi connectivity index (χ4n) is 4.88. The van der Waals surface area contributed by atoms with Gasteiger partial charge in [-0.15, -0.1) is 0 Å². The maximum absolute atomic E-state index is 14.1. The van der Waals surface area contributed by atoms with Crippen molar-refractivity contribution in [3.63, 3.8) is 0 Å². The maximum Gasteiger partial charge on any atom is 0.337 e.